The molecule has 0 radical (unpaired) electrons. The molecule has 0 unspecified atom stereocenters. The van der Waals surface area contributed by atoms with E-state index in [0.29, 0.717) is 5.69 Å². The van der Waals surface area contributed by atoms with Gasteiger partial charge in [0.05, 0.1) is 15.6 Å². The molecular weight excluding hydrogens is 256 g/mol. The molecule has 18 heavy (non-hydrogen) atoms. The number of hydrogen-bond acceptors (Lipinski definition) is 4. The number of nitro groups is 1. The van der Waals surface area contributed by atoms with Gasteiger partial charge < -0.3 is 4.84 Å². The Hall–Kier alpha value is -2.27. The zero-order chi connectivity index (χ0) is 13.0. The average molecular weight is 265 g/mol. The van der Waals surface area contributed by atoms with Crippen LogP contribution in [0.1, 0.15) is 0 Å². The number of rotatable bonds is 4. The summed E-state index contributed by atoms with van der Waals surface area (Å²) in [6.07, 6.45) is 0. The van der Waals surface area contributed by atoms with Crippen LogP contribution in [0.5, 0.6) is 5.75 Å². The van der Waals surface area contributed by atoms with E-state index in [9.17, 15) is 10.1 Å². The number of nitrogens with one attached hydrogen (secondary N) is 1. The third kappa shape index (κ3) is 2.70. The lowest BCUT2D eigenvalue weighted by molar-refractivity contribution is -0.385. The molecule has 5 nitrogen and oxygen atoms in total. The van der Waals surface area contributed by atoms with Crippen LogP contribution >= 0.6 is 11.6 Å². The number of nitrogens with zero attached hydrogens (tertiary/aromatic N) is 1. The van der Waals surface area contributed by atoms with Crippen molar-refractivity contribution in [1.29, 1.82) is 0 Å². The number of benzene rings is 2. The molecule has 0 atom stereocenters. The van der Waals surface area contributed by atoms with E-state index in [2.05, 4.69) is 5.48 Å². The van der Waals surface area contributed by atoms with Gasteiger partial charge in [0.2, 0.25) is 0 Å². The van der Waals surface area contributed by atoms with Gasteiger partial charge in [0, 0.05) is 6.07 Å². The summed E-state index contributed by atoms with van der Waals surface area (Å²) in [5.41, 5.74) is 3.09. The molecule has 0 aliphatic heterocycles. The van der Waals surface area contributed by atoms with Gasteiger partial charge in [-0.2, -0.15) is 0 Å². The quantitative estimate of drug-likeness (QED) is 0.676. The zero-order valence-corrected chi connectivity index (χ0v) is 9.92. The summed E-state index contributed by atoms with van der Waals surface area (Å²) >= 11 is 5.87. The molecule has 1 N–H and O–H groups in total. The molecular formula is C12H9ClN2O3. The Bertz CT molecular complexity index is 561. The second kappa shape index (κ2) is 5.37. The highest BCUT2D eigenvalue weighted by Gasteiger charge is 2.18. The van der Waals surface area contributed by atoms with Crippen molar-refractivity contribution in [2.75, 3.05) is 5.48 Å². The molecule has 0 heterocycles. The van der Waals surface area contributed by atoms with Gasteiger partial charge in [0.1, 0.15) is 0 Å². The van der Waals surface area contributed by atoms with Crippen molar-refractivity contribution < 1.29 is 9.76 Å². The summed E-state index contributed by atoms with van der Waals surface area (Å²) in [6, 6.07) is 13.4. The second-order valence-corrected chi connectivity index (χ2v) is 3.82. The Labute approximate surface area is 108 Å². The predicted molar refractivity (Wildman–Crippen MR) is 68.8 cm³/mol. The maximum absolute atomic E-state index is 10.8. The average Bonchev–Trinajstić information content (AvgIpc) is 2.38. The molecule has 2 aromatic rings. The molecule has 0 spiro atoms. The molecule has 0 saturated carbocycles. The highest BCUT2D eigenvalue weighted by molar-refractivity contribution is 6.32. The van der Waals surface area contributed by atoms with Crippen molar-refractivity contribution in [2.24, 2.45) is 0 Å². The standard InChI is InChI=1S/C12H9ClN2O3/c13-10-7-4-8-11(15(16)17)12(10)18-14-9-5-2-1-3-6-9/h1-8,14H. The maximum atomic E-state index is 10.8. The van der Waals surface area contributed by atoms with E-state index in [1.54, 1.807) is 12.1 Å². The maximum Gasteiger partial charge on any atom is 0.315 e. The molecule has 0 aliphatic rings. The Morgan fingerprint density at radius 3 is 2.50 bits per heavy atom. The van der Waals surface area contributed by atoms with Gasteiger partial charge >= 0.3 is 5.69 Å². The molecule has 6 heteroatoms. The molecule has 0 bridgehead atoms. The first-order chi connectivity index (χ1) is 8.68. The fourth-order valence-electron chi connectivity index (χ4n) is 1.36. The van der Waals surface area contributed by atoms with Crippen LogP contribution in [0.4, 0.5) is 11.4 Å². The molecule has 0 saturated heterocycles. The van der Waals surface area contributed by atoms with Gasteiger partial charge in [-0.05, 0) is 18.2 Å². The fraction of sp³-hybridized carbons (Fsp3) is 0. The Kier molecular flexibility index (Phi) is 3.64. The molecule has 2 aromatic carbocycles. The van der Waals surface area contributed by atoms with Crippen LogP contribution in [-0.4, -0.2) is 4.92 Å². The second-order valence-electron chi connectivity index (χ2n) is 3.42. The number of halogens is 1. The number of para-hydroxylation sites is 2. The van der Waals surface area contributed by atoms with E-state index in [1.165, 1.54) is 18.2 Å². The molecule has 0 fully saturated rings. The fourth-order valence-corrected chi connectivity index (χ4v) is 1.57. The highest BCUT2D eigenvalue weighted by atomic mass is 35.5. The van der Waals surface area contributed by atoms with Crippen LogP contribution < -0.4 is 10.3 Å². The monoisotopic (exact) mass is 264 g/mol. The summed E-state index contributed by atoms with van der Waals surface area (Å²) < 4.78 is 0. The summed E-state index contributed by atoms with van der Waals surface area (Å²) in [5, 5.41) is 11.0. The van der Waals surface area contributed by atoms with E-state index < -0.39 is 4.92 Å². The van der Waals surface area contributed by atoms with Crippen molar-refractivity contribution in [2.45, 2.75) is 0 Å². The summed E-state index contributed by atoms with van der Waals surface area (Å²) in [7, 11) is 0. The van der Waals surface area contributed by atoms with Gasteiger partial charge in [0.25, 0.3) is 5.75 Å². The highest BCUT2D eigenvalue weighted by Crippen LogP contribution is 2.34. The van der Waals surface area contributed by atoms with E-state index >= 15 is 0 Å². The van der Waals surface area contributed by atoms with Crippen LogP contribution in [-0.2, 0) is 0 Å². The van der Waals surface area contributed by atoms with Crippen molar-refractivity contribution in [3.05, 3.63) is 63.7 Å². The Morgan fingerprint density at radius 2 is 1.83 bits per heavy atom. The summed E-state index contributed by atoms with van der Waals surface area (Å²) in [5.74, 6) is -0.00646. The molecule has 92 valence electrons. The molecule has 2 rings (SSSR count). The van der Waals surface area contributed by atoms with Gasteiger partial charge in [-0.15, -0.1) is 0 Å². The molecule has 0 amide bonds. The van der Waals surface area contributed by atoms with E-state index in [0.717, 1.165) is 0 Å². The zero-order valence-electron chi connectivity index (χ0n) is 9.17. The first kappa shape index (κ1) is 12.2. The van der Waals surface area contributed by atoms with Crippen LogP contribution in [0.2, 0.25) is 5.02 Å². The Morgan fingerprint density at radius 1 is 1.11 bits per heavy atom. The van der Waals surface area contributed by atoms with Crippen molar-refractivity contribution >= 4 is 23.0 Å². The summed E-state index contributed by atoms with van der Waals surface area (Å²) in [4.78, 5) is 15.5. The minimum Gasteiger partial charge on any atom is -0.373 e. The van der Waals surface area contributed by atoms with Gasteiger partial charge in [-0.3, -0.25) is 10.1 Å². The number of hydrogen-bond donors (Lipinski definition) is 1. The largest absolute Gasteiger partial charge is 0.373 e. The van der Waals surface area contributed by atoms with Crippen molar-refractivity contribution in [3.63, 3.8) is 0 Å². The third-order valence-electron chi connectivity index (χ3n) is 2.19. The molecule has 0 aliphatic carbocycles. The van der Waals surface area contributed by atoms with Crippen molar-refractivity contribution in [1.82, 2.24) is 0 Å². The minimum atomic E-state index is -0.548. The van der Waals surface area contributed by atoms with Crippen LogP contribution in [0.15, 0.2) is 48.5 Å². The first-order valence-corrected chi connectivity index (χ1v) is 5.47. The SMILES string of the molecule is O=[N+]([O-])c1cccc(Cl)c1ONc1ccccc1. The third-order valence-corrected chi connectivity index (χ3v) is 2.49. The van der Waals surface area contributed by atoms with Crippen molar-refractivity contribution in [3.8, 4) is 5.75 Å². The van der Waals surface area contributed by atoms with E-state index in [4.69, 9.17) is 16.4 Å². The lowest BCUT2D eigenvalue weighted by Gasteiger charge is -2.09. The van der Waals surface area contributed by atoms with Gasteiger partial charge in [-0.1, -0.05) is 35.9 Å². The summed E-state index contributed by atoms with van der Waals surface area (Å²) in [6.45, 7) is 0. The van der Waals surface area contributed by atoms with Gasteiger partial charge in [-0.25, -0.2) is 5.48 Å². The topological polar surface area (TPSA) is 64.4 Å². The number of nitro benzene ring substituents is 1. The lowest BCUT2D eigenvalue weighted by Crippen LogP contribution is -2.06. The van der Waals surface area contributed by atoms with Crippen LogP contribution in [0, 0.1) is 10.1 Å². The number of anilines is 1. The van der Waals surface area contributed by atoms with Gasteiger partial charge in [0.15, 0.2) is 0 Å². The van der Waals surface area contributed by atoms with E-state index in [-0.39, 0.29) is 16.5 Å². The normalized spacial score (nSPS) is 9.83. The first-order valence-electron chi connectivity index (χ1n) is 5.09. The Balaban J connectivity index is 2.21. The van der Waals surface area contributed by atoms with E-state index in [1.807, 2.05) is 18.2 Å². The smallest absolute Gasteiger partial charge is 0.315 e. The predicted octanol–water partition coefficient (Wildman–Crippen LogP) is 3.65. The minimum absolute atomic E-state index is 0.00646. The van der Waals surface area contributed by atoms with Crippen LogP contribution in [0.3, 0.4) is 0 Å². The molecule has 0 aromatic heterocycles. The van der Waals surface area contributed by atoms with Crippen LogP contribution in [0.25, 0.3) is 0 Å². The lowest BCUT2D eigenvalue weighted by atomic mass is 10.3.